The van der Waals surface area contributed by atoms with Crippen LogP contribution in [-0.2, 0) is 6.54 Å². The standard InChI is InChI=1S/C20H13BrClF3N2O2/c21-15-6-5-12(18(8-15)29-20(23,24)25)11-27-19(28)14-7-13(9-26-10-14)16-3-1-2-4-17(16)22/h1-10H,11H2,(H,27,28). The highest BCUT2D eigenvalue weighted by Crippen LogP contribution is 2.30. The lowest BCUT2D eigenvalue weighted by Gasteiger charge is -2.14. The molecule has 0 bridgehead atoms. The van der Waals surface area contributed by atoms with Crippen LogP contribution in [0.5, 0.6) is 5.75 Å². The first-order valence-corrected chi connectivity index (χ1v) is 9.42. The van der Waals surface area contributed by atoms with Gasteiger partial charge < -0.3 is 10.1 Å². The summed E-state index contributed by atoms with van der Waals surface area (Å²) >= 11 is 9.28. The van der Waals surface area contributed by atoms with Crippen molar-refractivity contribution in [3.05, 3.63) is 81.5 Å². The second-order valence-corrected chi connectivity index (χ2v) is 7.25. The number of ether oxygens (including phenoxy) is 1. The van der Waals surface area contributed by atoms with Crippen molar-refractivity contribution >= 4 is 33.4 Å². The number of carbonyl (C=O) groups excluding carboxylic acids is 1. The van der Waals surface area contributed by atoms with Crippen LogP contribution in [0.2, 0.25) is 5.02 Å². The van der Waals surface area contributed by atoms with E-state index in [1.165, 1.54) is 18.3 Å². The predicted octanol–water partition coefficient (Wildman–Crippen LogP) is 5.99. The number of aromatic nitrogens is 1. The molecule has 0 aliphatic heterocycles. The Labute approximate surface area is 177 Å². The molecule has 0 aliphatic rings. The minimum atomic E-state index is -4.84. The third kappa shape index (κ3) is 5.71. The van der Waals surface area contributed by atoms with Gasteiger partial charge in [-0.25, -0.2) is 0 Å². The molecule has 0 saturated carbocycles. The third-order valence-corrected chi connectivity index (χ3v) is 4.70. The van der Waals surface area contributed by atoms with E-state index in [1.54, 1.807) is 36.5 Å². The topological polar surface area (TPSA) is 51.2 Å². The zero-order valence-electron chi connectivity index (χ0n) is 14.6. The van der Waals surface area contributed by atoms with Crippen LogP contribution >= 0.6 is 27.5 Å². The summed E-state index contributed by atoms with van der Waals surface area (Å²) in [6.45, 7) is -0.159. The van der Waals surface area contributed by atoms with Gasteiger partial charge in [0.2, 0.25) is 0 Å². The molecule has 0 saturated heterocycles. The van der Waals surface area contributed by atoms with Gasteiger partial charge in [-0.1, -0.05) is 51.8 Å². The summed E-state index contributed by atoms with van der Waals surface area (Å²) < 4.78 is 42.3. The fourth-order valence-electron chi connectivity index (χ4n) is 2.58. The minimum absolute atomic E-state index is 0.159. The third-order valence-electron chi connectivity index (χ3n) is 3.88. The van der Waals surface area contributed by atoms with Gasteiger partial charge in [0.1, 0.15) is 5.75 Å². The van der Waals surface area contributed by atoms with Gasteiger partial charge in [0, 0.05) is 45.1 Å². The van der Waals surface area contributed by atoms with E-state index >= 15 is 0 Å². The van der Waals surface area contributed by atoms with Crippen LogP contribution in [0.4, 0.5) is 13.2 Å². The average molecular weight is 486 g/mol. The number of benzene rings is 2. The molecule has 3 aromatic rings. The van der Waals surface area contributed by atoms with Crippen molar-refractivity contribution in [2.24, 2.45) is 0 Å². The predicted molar refractivity (Wildman–Crippen MR) is 107 cm³/mol. The lowest BCUT2D eigenvalue weighted by Crippen LogP contribution is -2.24. The van der Waals surface area contributed by atoms with Crippen molar-refractivity contribution in [1.29, 1.82) is 0 Å². The Kier molecular flexibility index (Phi) is 6.44. The molecule has 0 radical (unpaired) electrons. The average Bonchev–Trinajstić information content (AvgIpc) is 2.66. The number of alkyl halides is 3. The van der Waals surface area contributed by atoms with Crippen molar-refractivity contribution in [2.45, 2.75) is 12.9 Å². The first-order chi connectivity index (χ1) is 13.7. The van der Waals surface area contributed by atoms with Crippen molar-refractivity contribution in [2.75, 3.05) is 0 Å². The maximum Gasteiger partial charge on any atom is 0.573 e. The Morgan fingerprint density at radius 1 is 1.14 bits per heavy atom. The van der Waals surface area contributed by atoms with Gasteiger partial charge in [-0.3, -0.25) is 9.78 Å². The zero-order valence-corrected chi connectivity index (χ0v) is 17.0. The number of amides is 1. The number of nitrogens with one attached hydrogen (secondary N) is 1. The van der Waals surface area contributed by atoms with Crippen molar-refractivity contribution in [3.8, 4) is 16.9 Å². The molecule has 1 aromatic heterocycles. The van der Waals surface area contributed by atoms with E-state index in [2.05, 4.69) is 31.0 Å². The highest BCUT2D eigenvalue weighted by molar-refractivity contribution is 9.10. The number of hydrogen-bond donors (Lipinski definition) is 1. The van der Waals surface area contributed by atoms with Gasteiger partial charge in [-0.15, -0.1) is 13.2 Å². The largest absolute Gasteiger partial charge is 0.573 e. The van der Waals surface area contributed by atoms with Gasteiger partial charge in [-0.05, 0) is 24.3 Å². The Morgan fingerprint density at radius 3 is 2.62 bits per heavy atom. The molecule has 150 valence electrons. The maximum atomic E-state index is 12.6. The molecule has 2 aromatic carbocycles. The summed E-state index contributed by atoms with van der Waals surface area (Å²) in [5, 5.41) is 3.09. The number of hydrogen-bond acceptors (Lipinski definition) is 3. The van der Waals surface area contributed by atoms with Crippen molar-refractivity contribution in [3.63, 3.8) is 0 Å². The fourth-order valence-corrected chi connectivity index (χ4v) is 3.16. The van der Waals surface area contributed by atoms with Crippen LogP contribution in [0.25, 0.3) is 11.1 Å². The van der Waals surface area contributed by atoms with Crippen molar-refractivity contribution < 1.29 is 22.7 Å². The van der Waals surface area contributed by atoms with Crippen LogP contribution < -0.4 is 10.1 Å². The van der Waals surface area contributed by atoms with Gasteiger partial charge in [0.05, 0.1) is 5.56 Å². The molecule has 0 fully saturated rings. The number of carbonyl (C=O) groups is 1. The SMILES string of the molecule is O=C(NCc1ccc(Br)cc1OC(F)(F)F)c1cncc(-c2ccccc2Cl)c1. The van der Waals surface area contributed by atoms with Crippen LogP contribution in [0.15, 0.2) is 65.4 Å². The Balaban J connectivity index is 1.77. The number of halogens is 5. The highest BCUT2D eigenvalue weighted by atomic mass is 79.9. The molecule has 0 aliphatic carbocycles. The van der Waals surface area contributed by atoms with Gasteiger partial charge in [0.15, 0.2) is 0 Å². The van der Waals surface area contributed by atoms with E-state index in [4.69, 9.17) is 11.6 Å². The van der Waals surface area contributed by atoms with Crippen LogP contribution in [0.3, 0.4) is 0 Å². The summed E-state index contributed by atoms with van der Waals surface area (Å²) in [5.74, 6) is -0.887. The Morgan fingerprint density at radius 2 is 1.90 bits per heavy atom. The van der Waals surface area contributed by atoms with Crippen LogP contribution in [-0.4, -0.2) is 17.3 Å². The summed E-state index contributed by atoms with van der Waals surface area (Å²) in [7, 11) is 0. The molecule has 3 rings (SSSR count). The molecule has 0 atom stereocenters. The van der Waals surface area contributed by atoms with Crippen LogP contribution in [0.1, 0.15) is 15.9 Å². The first-order valence-electron chi connectivity index (χ1n) is 8.25. The van der Waals surface area contributed by atoms with Crippen molar-refractivity contribution in [1.82, 2.24) is 10.3 Å². The Hall–Kier alpha value is -2.58. The van der Waals surface area contributed by atoms with Gasteiger partial charge in [0.25, 0.3) is 5.91 Å². The van der Waals surface area contributed by atoms with Gasteiger partial charge >= 0.3 is 6.36 Å². The smallest absolute Gasteiger partial charge is 0.405 e. The molecule has 1 heterocycles. The molecule has 0 spiro atoms. The van der Waals surface area contributed by atoms with Gasteiger partial charge in [-0.2, -0.15) is 0 Å². The fraction of sp³-hybridized carbons (Fsp3) is 0.100. The maximum absolute atomic E-state index is 12.6. The zero-order chi connectivity index (χ0) is 21.0. The number of rotatable bonds is 5. The molecule has 4 nitrogen and oxygen atoms in total. The molecule has 1 amide bonds. The Bertz CT molecular complexity index is 1040. The molecular weight excluding hydrogens is 473 g/mol. The summed E-state index contributed by atoms with van der Waals surface area (Å²) in [6.07, 6.45) is -1.90. The monoisotopic (exact) mass is 484 g/mol. The molecule has 9 heteroatoms. The van der Waals surface area contributed by atoms with Crippen LogP contribution in [0, 0.1) is 0 Å². The highest BCUT2D eigenvalue weighted by Gasteiger charge is 2.32. The molecule has 29 heavy (non-hydrogen) atoms. The molecular formula is C20H13BrClF3N2O2. The summed E-state index contributed by atoms with van der Waals surface area (Å²) in [5.41, 5.74) is 1.78. The number of pyridine rings is 1. The summed E-state index contributed by atoms with van der Waals surface area (Å²) in [4.78, 5) is 16.6. The lowest BCUT2D eigenvalue weighted by molar-refractivity contribution is -0.274. The first kappa shape index (κ1) is 21.1. The quantitative estimate of drug-likeness (QED) is 0.483. The van der Waals surface area contributed by atoms with E-state index in [0.29, 0.717) is 20.6 Å². The number of nitrogens with zero attached hydrogens (tertiary/aromatic N) is 1. The van der Waals surface area contributed by atoms with E-state index in [0.717, 1.165) is 0 Å². The normalized spacial score (nSPS) is 11.2. The molecule has 0 unspecified atom stereocenters. The van der Waals surface area contributed by atoms with E-state index in [-0.39, 0.29) is 17.7 Å². The second kappa shape index (κ2) is 8.84. The minimum Gasteiger partial charge on any atom is -0.405 e. The van der Waals surface area contributed by atoms with E-state index in [1.807, 2.05) is 6.07 Å². The summed E-state index contributed by atoms with van der Waals surface area (Å²) in [6, 6.07) is 12.9. The second-order valence-electron chi connectivity index (χ2n) is 5.92. The lowest BCUT2D eigenvalue weighted by atomic mass is 10.1. The van der Waals surface area contributed by atoms with E-state index in [9.17, 15) is 18.0 Å². The van der Waals surface area contributed by atoms with E-state index < -0.39 is 18.0 Å². The molecule has 1 N–H and O–H groups in total.